The lowest BCUT2D eigenvalue weighted by molar-refractivity contribution is 0.300. The standard InChI is InChI=1S/C16H20N4S/c1-2-16(19-17-6-1)18-15-4-3-13-9-20(10-14(13)15)8-12-5-7-21-11-12/h1-2,5-7,11,13-15H,3-4,8-10H2,(H,18,19)/t13-,14+,15-/m1/s1. The Morgan fingerprint density at radius 2 is 2.29 bits per heavy atom. The monoisotopic (exact) mass is 300 g/mol. The topological polar surface area (TPSA) is 41.1 Å². The van der Waals surface area contributed by atoms with Crippen molar-refractivity contribution in [3.05, 3.63) is 40.7 Å². The highest BCUT2D eigenvalue weighted by Crippen LogP contribution is 2.39. The fourth-order valence-electron chi connectivity index (χ4n) is 3.88. The molecule has 0 amide bonds. The minimum Gasteiger partial charge on any atom is -0.366 e. The van der Waals surface area contributed by atoms with Crippen LogP contribution in [0.15, 0.2) is 35.2 Å². The normalized spacial score (nSPS) is 28.7. The first-order valence-electron chi connectivity index (χ1n) is 7.66. The summed E-state index contributed by atoms with van der Waals surface area (Å²) in [5.74, 6) is 2.52. The average molecular weight is 300 g/mol. The van der Waals surface area contributed by atoms with Crippen LogP contribution in [-0.4, -0.2) is 34.2 Å². The Morgan fingerprint density at radius 3 is 3.10 bits per heavy atom. The molecule has 21 heavy (non-hydrogen) atoms. The summed E-state index contributed by atoms with van der Waals surface area (Å²) < 4.78 is 0. The number of nitrogens with zero attached hydrogens (tertiary/aromatic N) is 3. The molecule has 3 heterocycles. The molecule has 5 heteroatoms. The van der Waals surface area contributed by atoms with Gasteiger partial charge in [0, 0.05) is 31.9 Å². The lowest BCUT2D eigenvalue weighted by Crippen LogP contribution is -2.30. The maximum Gasteiger partial charge on any atom is 0.148 e. The van der Waals surface area contributed by atoms with Crippen LogP contribution in [0.4, 0.5) is 5.82 Å². The van der Waals surface area contributed by atoms with Gasteiger partial charge in [-0.05, 0) is 59.2 Å². The summed E-state index contributed by atoms with van der Waals surface area (Å²) in [5, 5.41) is 16.2. The Balaban J connectivity index is 1.39. The molecule has 3 atom stereocenters. The molecule has 2 fully saturated rings. The number of hydrogen-bond acceptors (Lipinski definition) is 5. The summed E-state index contributed by atoms with van der Waals surface area (Å²) in [6, 6.07) is 6.75. The first-order chi connectivity index (χ1) is 10.4. The fourth-order valence-corrected chi connectivity index (χ4v) is 4.54. The molecule has 0 unspecified atom stereocenters. The second-order valence-corrected chi connectivity index (χ2v) is 6.97. The third-order valence-corrected chi connectivity index (χ3v) is 5.56. The second kappa shape index (κ2) is 5.73. The van der Waals surface area contributed by atoms with E-state index in [9.17, 15) is 0 Å². The number of rotatable bonds is 4. The Kier molecular flexibility index (Phi) is 3.61. The van der Waals surface area contributed by atoms with Crippen LogP contribution in [0.2, 0.25) is 0 Å². The minimum atomic E-state index is 0.555. The van der Waals surface area contributed by atoms with Crippen molar-refractivity contribution < 1.29 is 0 Å². The van der Waals surface area contributed by atoms with Gasteiger partial charge in [0.05, 0.1) is 0 Å². The van der Waals surface area contributed by atoms with Crippen LogP contribution in [0.5, 0.6) is 0 Å². The summed E-state index contributed by atoms with van der Waals surface area (Å²) in [7, 11) is 0. The average Bonchev–Trinajstić information content (AvgIpc) is 3.20. The van der Waals surface area contributed by atoms with Crippen molar-refractivity contribution >= 4 is 17.2 Å². The van der Waals surface area contributed by atoms with Crippen molar-refractivity contribution in [3.63, 3.8) is 0 Å². The molecule has 1 aliphatic heterocycles. The molecule has 2 aromatic heterocycles. The van der Waals surface area contributed by atoms with Gasteiger partial charge >= 0.3 is 0 Å². The summed E-state index contributed by atoms with van der Waals surface area (Å²) in [6.07, 6.45) is 4.32. The van der Waals surface area contributed by atoms with Gasteiger partial charge in [-0.15, -0.1) is 5.10 Å². The number of anilines is 1. The predicted octanol–water partition coefficient (Wildman–Crippen LogP) is 2.86. The smallest absolute Gasteiger partial charge is 0.148 e. The zero-order chi connectivity index (χ0) is 14.1. The molecule has 1 N–H and O–H groups in total. The Labute approximate surface area is 129 Å². The van der Waals surface area contributed by atoms with Crippen LogP contribution in [0.1, 0.15) is 18.4 Å². The minimum absolute atomic E-state index is 0.555. The summed E-state index contributed by atoms with van der Waals surface area (Å²) in [4.78, 5) is 2.61. The van der Waals surface area contributed by atoms with E-state index < -0.39 is 0 Å². The molecule has 4 rings (SSSR count). The molecule has 4 nitrogen and oxygen atoms in total. The van der Waals surface area contributed by atoms with E-state index >= 15 is 0 Å². The molecule has 2 aromatic rings. The van der Waals surface area contributed by atoms with E-state index in [1.54, 1.807) is 17.5 Å². The van der Waals surface area contributed by atoms with E-state index in [4.69, 9.17) is 0 Å². The third kappa shape index (κ3) is 2.80. The van der Waals surface area contributed by atoms with E-state index in [0.29, 0.717) is 6.04 Å². The Hall–Kier alpha value is -1.46. The van der Waals surface area contributed by atoms with Gasteiger partial charge in [0.15, 0.2) is 0 Å². The number of thiophene rings is 1. The van der Waals surface area contributed by atoms with Crippen LogP contribution in [0.3, 0.4) is 0 Å². The van der Waals surface area contributed by atoms with Gasteiger partial charge < -0.3 is 5.32 Å². The summed E-state index contributed by atoms with van der Waals surface area (Å²) in [5.41, 5.74) is 1.46. The lowest BCUT2D eigenvalue weighted by atomic mass is 9.98. The lowest BCUT2D eigenvalue weighted by Gasteiger charge is -2.21. The van der Waals surface area contributed by atoms with Crippen LogP contribution in [0, 0.1) is 11.8 Å². The Bertz CT molecular complexity index is 571. The molecule has 0 spiro atoms. The first-order valence-corrected chi connectivity index (χ1v) is 8.60. The zero-order valence-electron chi connectivity index (χ0n) is 12.0. The van der Waals surface area contributed by atoms with Crippen molar-refractivity contribution in [1.82, 2.24) is 15.1 Å². The van der Waals surface area contributed by atoms with Crippen molar-refractivity contribution in [2.24, 2.45) is 11.8 Å². The highest BCUT2D eigenvalue weighted by Gasteiger charge is 2.42. The van der Waals surface area contributed by atoms with E-state index in [1.807, 2.05) is 12.1 Å². The number of likely N-dealkylation sites (tertiary alicyclic amines) is 1. The van der Waals surface area contributed by atoms with Crippen molar-refractivity contribution in [2.45, 2.75) is 25.4 Å². The van der Waals surface area contributed by atoms with Crippen molar-refractivity contribution in [2.75, 3.05) is 18.4 Å². The molecule has 2 aliphatic rings. The molecule has 1 saturated carbocycles. The maximum atomic E-state index is 4.16. The van der Waals surface area contributed by atoms with E-state index in [-0.39, 0.29) is 0 Å². The zero-order valence-corrected chi connectivity index (χ0v) is 12.8. The van der Waals surface area contributed by atoms with Gasteiger partial charge in [-0.2, -0.15) is 16.4 Å². The van der Waals surface area contributed by atoms with E-state index in [0.717, 1.165) is 24.2 Å². The molecular formula is C16H20N4S. The first kappa shape index (κ1) is 13.2. The maximum absolute atomic E-state index is 4.16. The summed E-state index contributed by atoms with van der Waals surface area (Å²) >= 11 is 1.79. The van der Waals surface area contributed by atoms with Gasteiger partial charge in [-0.3, -0.25) is 4.90 Å². The highest BCUT2D eigenvalue weighted by molar-refractivity contribution is 7.07. The van der Waals surface area contributed by atoms with Gasteiger partial charge in [-0.25, -0.2) is 0 Å². The van der Waals surface area contributed by atoms with Gasteiger partial charge in [0.25, 0.3) is 0 Å². The second-order valence-electron chi connectivity index (χ2n) is 6.19. The van der Waals surface area contributed by atoms with Crippen LogP contribution >= 0.6 is 11.3 Å². The van der Waals surface area contributed by atoms with Gasteiger partial charge in [0.2, 0.25) is 0 Å². The molecule has 0 radical (unpaired) electrons. The third-order valence-electron chi connectivity index (χ3n) is 4.82. The molecule has 1 saturated heterocycles. The SMILES string of the molecule is c1cnnc(N[C@@H]2CC[C@@H]3CN(Cc4ccsc4)C[C@@H]32)c1. The van der Waals surface area contributed by atoms with E-state index in [2.05, 4.69) is 37.2 Å². The molecule has 0 aromatic carbocycles. The number of aromatic nitrogens is 2. The van der Waals surface area contributed by atoms with Crippen LogP contribution in [0.25, 0.3) is 0 Å². The van der Waals surface area contributed by atoms with Crippen molar-refractivity contribution in [1.29, 1.82) is 0 Å². The van der Waals surface area contributed by atoms with E-state index in [1.165, 1.54) is 31.5 Å². The number of fused-ring (bicyclic) bond motifs is 1. The molecular weight excluding hydrogens is 280 g/mol. The molecule has 1 aliphatic carbocycles. The fraction of sp³-hybridized carbons (Fsp3) is 0.500. The van der Waals surface area contributed by atoms with Crippen LogP contribution < -0.4 is 5.32 Å². The summed E-state index contributed by atoms with van der Waals surface area (Å²) in [6.45, 7) is 3.56. The largest absolute Gasteiger partial charge is 0.366 e. The number of hydrogen-bond donors (Lipinski definition) is 1. The predicted molar refractivity (Wildman–Crippen MR) is 85.3 cm³/mol. The number of nitrogens with one attached hydrogen (secondary N) is 1. The van der Waals surface area contributed by atoms with Gasteiger partial charge in [0.1, 0.15) is 5.82 Å². The quantitative estimate of drug-likeness (QED) is 0.942. The van der Waals surface area contributed by atoms with Crippen LogP contribution in [-0.2, 0) is 6.54 Å². The van der Waals surface area contributed by atoms with Gasteiger partial charge in [-0.1, -0.05) is 0 Å². The highest BCUT2D eigenvalue weighted by atomic mass is 32.1. The Morgan fingerprint density at radius 1 is 1.29 bits per heavy atom. The molecule has 110 valence electrons. The van der Waals surface area contributed by atoms with Crippen molar-refractivity contribution in [3.8, 4) is 0 Å². The molecule has 0 bridgehead atoms.